The van der Waals surface area contributed by atoms with Crippen molar-refractivity contribution in [3.05, 3.63) is 24.0 Å². The Bertz CT molecular complexity index is 467. The molecule has 0 unspecified atom stereocenters. The van der Waals surface area contributed by atoms with E-state index in [1.165, 1.54) is 5.57 Å². The lowest BCUT2D eigenvalue weighted by Crippen LogP contribution is -2.38. The molecule has 6 heteroatoms. The fraction of sp³-hybridized carbons (Fsp3) is 0.538. The SMILES string of the molecule is CCn1cc(NC(=O)N2CC=C(COC)CC2)cn1. The molecule has 0 radical (unpaired) electrons. The first-order valence-electron chi connectivity index (χ1n) is 6.48. The van der Waals surface area contributed by atoms with E-state index in [2.05, 4.69) is 16.5 Å². The van der Waals surface area contributed by atoms with Gasteiger partial charge in [0.15, 0.2) is 0 Å². The van der Waals surface area contributed by atoms with Crippen LogP contribution in [0, 0.1) is 0 Å². The average molecular weight is 264 g/mol. The van der Waals surface area contributed by atoms with Gasteiger partial charge in [0.2, 0.25) is 0 Å². The van der Waals surface area contributed by atoms with Crippen LogP contribution in [0.5, 0.6) is 0 Å². The van der Waals surface area contributed by atoms with Crippen LogP contribution in [0.3, 0.4) is 0 Å². The lowest BCUT2D eigenvalue weighted by molar-refractivity contribution is 0.203. The second-order valence-corrected chi connectivity index (χ2v) is 4.51. The van der Waals surface area contributed by atoms with Crippen LogP contribution in [-0.2, 0) is 11.3 Å². The zero-order chi connectivity index (χ0) is 13.7. The summed E-state index contributed by atoms with van der Waals surface area (Å²) < 4.78 is 6.87. The van der Waals surface area contributed by atoms with E-state index in [1.54, 1.807) is 22.9 Å². The number of nitrogens with one attached hydrogen (secondary N) is 1. The molecule has 1 N–H and O–H groups in total. The molecule has 0 saturated heterocycles. The highest BCUT2D eigenvalue weighted by Crippen LogP contribution is 2.13. The summed E-state index contributed by atoms with van der Waals surface area (Å²) in [5, 5.41) is 6.98. The van der Waals surface area contributed by atoms with Crippen LogP contribution in [-0.4, -0.2) is 47.5 Å². The van der Waals surface area contributed by atoms with Crippen molar-refractivity contribution < 1.29 is 9.53 Å². The fourth-order valence-electron chi connectivity index (χ4n) is 2.02. The lowest BCUT2D eigenvalue weighted by Gasteiger charge is -2.26. The molecule has 19 heavy (non-hydrogen) atoms. The van der Waals surface area contributed by atoms with Gasteiger partial charge < -0.3 is 15.0 Å². The number of carbonyl (C=O) groups is 1. The Morgan fingerprint density at radius 2 is 2.42 bits per heavy atom. The van der Waals surface area contributed by atoms with Gasteiger partial charge in [-0.25, -0.2) is 4.79 Å². The predicted molar refractivity (Wildman–Crippen MR) is 73.1 cm³/mol. The Labute approximate surface area is 113 Å². The lowest BCUT2D eigenvalue weighted by atomic mass is 10.1. The van der Waals surface area contributed by atoms with Gasteiger partial charge in [-0.2, -0.15) is 5.10 Å². The second kappa shape index (κ2) is 6.38. The Morgan fingerprint density at radius 3 is 3.00 bits per heavy atom. The van der Waals surface area contributed by atoms with Gasteiger partial charge in [0.05, 0.1) is 18.5 Å². The van der Waals surface area contributed by atoms with Crippen LogP contribution in [0.15, 0.2) is 24.0 Å². The molecule has 104 valence electrons. The molecule has 6 nitrogen and oxygen atoms in total. The first-order valence-corrected chi connectivity index (χ1v) is 6.48. The van der Waals surface area contributed by atoms with Gasteiger partial charge in [-0.15, -0.1) is 0 Å². The van der Waals surface area contributed by atoms with Crippen molar-refractivity contribution in [1.82, 2.24) is 14.7 Å². The highest BCUT2D eigenvalue weighted by Gasteiger charge is 2.17. The third-order valence-electron chi connectivity index (χ3n) is 3.13. The Balaban J connectivity index is 1.87. The van der Waals surface area contributed by atoms with Crippen molar-refractivity contribution in [3.63, 3.8) is 0 Å². The van der Waals surface area contributed by atoms with E-state index in [4.69, 9.17) is 4.74 Å². The monoisotopic (exact) mass is 264 g/mol. The molecule has 1 aromatic heterocycles. The number of aryl methyl sites for hydroxylation is 1. The molecule has 1 aromatic rings. The van der Waals surface area contributed by atoms with Crippen molar-refractivity contribution in [2.45, 2.75) is 19.9 Å². The van der Waals surface area contributed by atoms with Gasteiger partial charge >= 0.3 is 6.03 Å². The fourth-order valence-corrected chi connectivity index (χ4v) is 2.02. The van der Waals surface area contributed by atoms with Gasteiger partial charge in [-0.05, 0) is 18.9 Å². The van der Waals surface area contributed by atoms with E-state index in [1.807, 2.05) is 13.1 Å². The highest BCUT2D eigenvalue weighted by atomic mass is 16.5. The molecule has 0 spiro atoms. The number of carbonyl (C=O) groups excluding carboxylic acids is 1. The predicted octanol–water partition coefficient (Wildman–Crippen LogP) is 1.71. The molecular formula is C13H20N4O2. The smallest absolute Gasteiger partial charge is 0.322 e. The number of ether oxygens (including phenoxy) is 1. The molecule has 0 atom stereocenters. The molecule has 0 saturated carbocycles. The molecule has 2 amide bonds. The van der Waals surface area contributed by atoms with E-state index in [-0.39, 0.29) is 6.03 Å². The first kappa shape index (κ1) is 13.6. The molecular weight excluding hydrogens is 244 g/mol. The van der Waals surface area contributed by atoms with E-state index >= 15 is 0 Å². The zero-order valence-electron chi connectivity index (χ0n) is 11.4. The number of methoxy groups -OCH3 is 1. The zero-order valence-corrected chi connectivity index (χ0v) is 11.4. The van der Waals surface area contributed by atoms with Crippen molar-refractivity contribution in [2.24, 2.45) is 0 Å². The maximum atomic E-state index is 12.0. The minimum atomic E-state index is -0.0802. The van der Waals surface area contributed by atoms with Gasteiger partial charge in [0, 0.05) is 32.9 Å². The third-order valence-corrected chi connectivity index (χ3v) is 3.13. The van der Waals surface area contributed by atoms with E-state index in [0.29, 0.717) is 13.2 Å². The van der Waals surface area contributed by atoms with E-state index in [0.717, 1.165) is 25.2 Å². The summed E-state index contributed by atoms with van der Waals surface area (Å²) in [7, 11) is 1.69. The summed E-state index contributed by atoms with van der Waals surface area (Å²) in [6, 6.07) is -0.0802. The molecule has 0 aromatic carbocycles. The number of rotatable bonds is 4. The summed E-state index contributed by atoms with van der Waals surface area (Å²) >= 11 is 0. The Kier molecular flexibility index (Phi) is 4.57. The Morgan fingerprint density at radius 1 is 1.58 bits per heavy atom. The summed E-state index contributed by atoms with van der Waals surface area (Å²) in [6.07, 6.45) is 6.42. The number of hydrogen-bond acceptors (Lipinski definition) is 3. The number of urea groups is 1. The van der Waals surface area contributed by atoms with E-state index < -0.39 is 0 Å². The van der Waals surface area contributed by atoms with Crippen LogP contribution in [0.1, 0.15) is 13.3 Å². The third kappa shape index (κ3) is 3.57. The van der Waals surface area contributed by atoms with Crippen molar-refractivity contribution in [1.29, 1.82) is 0 Å². The number of nitrogens with zero attached hydrogens (tertiary/aromatic N) is 3. The molecule has 1 aliphatic rings. The molecule has 2 heterocycles. The highest BCUT2D eigenvalue weighted by molar-refractivity contribution is 5.89. The maximum Gasteiger partial charge on any atom is 0.322 e. The van der Waals surface area contributed by atoms with Crippen LogP contribution >= 0.6 is 0 Å². The molecule has 0 bridgehead atoms. The quantitative estimate of drug-likeness (QED) is 0.842. The van der Waals surface area contributed by atoms with Crippen LogP contribution in [0.25, 0.3) is 0 Å². The number of amides is 2. The Hall–Kier alpha value is -1.82. The van der Waals surface area contributed by atoms with Crippen molar-refractivity contribution >= 4 is 11.7 Å². The van der Waals surface area contributed by atoms with Gasteiger partial charge in [-0.3, -0.25) is 4.68 Å². The minimum Gasteiger partial charge on any atom is -0.380 e. The van der Waals surface area contributed by atoms with Gasteiger partial charge in [-0.1, -0.05) is 6.08 Å². The molecule has 0 fully saturated rings. The summed E-state index contributed by atoms with van der Waals surface area (Å²) in [4.78, 5) is 13.8. The topological polar surface area (TPSA) is 59.4 Å². The minimum absolute atomic E-state index is 0.0802. The molecule has 1 aliphatic heterocycles. The molecule has 2 rings (SSSR count). The maximum absolute atomic E-state index is 12.0. The van der Waals surface area contributed by atoms with Gasteiger partial charge in [0.25, 0.3) is 0 Å². The van der Waals surface area contributed by atoms with Gasteiger partial charge in [0.1, 0.15) is 0 Å². The average Bonchev–Trinajstić information content (AvgIpc) is 2.87. The summed E-state index contributed by atoms with van der Waals surface area (Å²) in [5.74, 6) is 0. The summed E-state index contributed by atoms with van der Waals surface area (Å²) in [5.41, 5.74) is 1.99. The first-order chi connectivity index (χ1) is 9.22. The van der Waals surface area contributed by atoms with Crippen LogP contribution in [0.2, 0.25) is 0 Å². The van der Waals surface area contributed by atoms with Crippen molar-refractivity contribution in [2.75, 3.05) is 32.1 Å². The largest absolute Gasteiger partial charge is 0.380 e. The van der Waals surface area contributed by atoms with E-state index in [9.17, 15) is 4.79 Å². The van der Waals surface area contributed by atoms with Crippen molar-refractivity contribution in [3.8, 4) is 0 Å². The van der Waals surface area contributed by atoms with Crippen LogP contribution < -0.4 is 5.32 Å². The summed E-state index contributed by atoms with van der Waals surface area (Å²) in [6.45, 7) is 4.81. The number of aromatic nitrogens is 2. The van der Waals surface area contributed by atoms with Crippen LogP contribution in [0.4, 0.5) is 10.5 Å². The molecule has 0 aliphatic carbocycles. The normalized spacial score (nSPS) is 15.3. The second-order valence-electron chi connectivity index (χ2n) is 4.51. The number of anilines is 1. The standard InChI is InChI=1S/C13H20N4O2/c1-3-17-9-12(8-14-17)15-13(18)16-6-4-11(5-7-16)10-19-2/h4,8-9H,3,5-7,10H2,1-2H3,(H,15,18). The number of hydrogen-bond donors (Lipinski definition) is 1.